The van der Waals surface area contributed by atoms with Crippen LogP contribution in [0.2, 0.25) is 0 Å². The van der Waals surface area contributed by atoms with E-state index >= 15 is 0 Å². The lowest BCUT2D eigenvalue weighted by atomic mass is 9.43. The molecule has 7 unspecified atom stereocenters. The lowest BCUT2D eigenvalue weighted by Gasteiger charge is -2.63. The minimum atomic E-state index is -1.05. The Bertz CT molecular complexity index is 1520. The summed E-state index contributed by atoms with van der Waals surface area (Å²) in [7, 11) is 0. The average Bonchev–Trinajstić information content (AvgIpc) is 3.66. The highest BCUT2D eigenvalue weighted by molar-refractivity contribution is 5.85. The van der Waals surface area contributed by atoms with Gasteiger partial charge in [0.1, 0.15) is 31.0 Å². The van der Waals surface area contributed by atoms with Crippen LogP contribution >= 0.6 is 0 Å². The molecule has 5 N–H and O–H groups in total. The lowest BCUT2D eigenvalue weighted by Crippen LogP contribution is -2.62. The maximum Gasteiger partial charge on any atom is 0.331 e. The van der Waals surface area contributed by atoms with Gasteiger partial charge in [-0.15, -0.1) is 0 Å². The fourth-order valence-corrected chi connectivity index (χ4v) is 13.2. The van der Waals surface area contributed by atoms with E-state index < -0.39 is 90.9 Å². The number of cyclic esters (lactones) is 1. The van der Waals surface area contributed by atoms with Gasteiger partial charge in [0.05, 0.1) is 48.3 Å². The molecule has 58 heavy (non-hydrogen) atoms. The molecule has 0 spiro atoms. The zero-order valence-electron chi connectivity index (χ0n) is 34.8. The Hall–Kier alpha value is -1.76. The third kappa shape index (κ3) is 7.60. The van der Waals surface area contributed by atoms with E-state index in [0.717, 1.165) is 50.5 Å². The molecule has 0 bridgehead atoms. The van der Waals surface area contributed by atoms with E-state index in [9.17, 15) is 35.1 Å². The molecule has 8 rings (SSSR count). The summed E-state index contributed by atoms with van der Waals surface area (Å²) in [6.45, 7) is 11.3. The molecule has 15 nitrogen and oxygen atoms in total. The number of hydrogen-bond donors (Lipinski definition) is 5. The Labute approximate surface area is 341 Å². The van der Waals surface area contributed by atoms with E-state index in [1.54, 1.807) is 13.8 Å². The van der Waals surface area contributed by atoms with Crippen molar-refractivity contribution in [1.82, 2.24) is 0 Å². The largest absolute Gasteiger partial charge is 0.462 e. The fourth-order valence-electron chi connectivity index (χ4n) is 13.2. The van der Waals surface area contributed by atoms with Crippen LogP contribution in [0.1, 0.15) is 112 Å². The molecule has 21 atom stereocenters. The second kappa shape index (κ2) is 16.2. The van der Waals surface area contributed by atoms with Crippen LogP contribution in [0.25, 0.3) is 0 Å². The minimum Gasteiger partial charge on any atom is -0.462 e. The molecule has 0 amide bonds. The second-order valence-corrected chi connectivity index (χ2v) is 19.5. The molecule has 4 aliphatic heterocycles. The molecule has 0 aromatic carbocycles. The summed E-state index contributed by atoms with van der Waals surface area (Å²) in [6.07, 6.45) is -1.36. The molecule has 0 aromatic rings. The summed E-state index contributed by atoms with van der Waals surface area (Å²) in [4.78, 5) is 24.4. The van der Waals surface area contributed by atoms with Crippen molar-refractivity contribution in [2.24, 2.45) is 34.5 Å². The van der Waals surface area contributed by atoms with Crippen LogP contribution in [0.3, 0.4) is 0 Å². The monoisotopic (exact) mass is 822 g/mol. The molecular weight excluding hydrogens is 756 g/mol. The highest BCUT2D eigenvalue weighted by atomic mass is 16.7. The molecule has 328 valence electrons. The number of fused-ring (bicyclic) bond motifs is 5. The minimum absolute atomic E-state index is 0.00291. The third-order valence-electron chi connectivity index (χ3n) is 16.1. The summed E-state index contributed by atoms with van der Waals surface area (Å²) in [5.74, 6) is -0.330. The smallest absolute Gasteiger partial charge is 0.331 e. The van der Waals surface area contributed by atoms with E-state index in [2.05, 4.69) is 13.8 Å². The predicted molar refractivity (Wildman–Crippen MR) is 202 cm³/mol. The zero-order valence-corrected chi connectivity index (χ0v) is 34.8. The average molecular weight is 823 g/mol. The van der Waals surface area contributed by atoms with Gasteiger partial charge in [-0.2, -0.15) is 0 Å². The molecule has 4 heterocycles. The van der Waals surface area contributed by atoms with Crippen molar-refractivity contribution in [3.05, 3.63) is 11.6 Å². The number of rotatable bonds is 8. The molecule has 4 saturated carbocycles. The second-order valence-electron chi connectivity index (χ2n) is 19.5. The SMILES string of the molecule is CC(=O)O[C@H]1CC2(O)C3CCC4CC(O[C@H]5C[C@H](O)[C@H](O[C@H]6C[C@H](O)[C@H](O[C@H]7C[C@H](O)[C@H](O)[C@@H](C)O7)[C@@H](C)O6)[C@@H](C)O5)CCC4(C)C3CCC2(C)[C@H]1C1=CC(=O)OC1. The van der Waals surface area contributed by atoms with Crippen LogP contribution in [0.5, 0.6) is 0 Å². The van der Waals surface area contributed by atoms with Gasteiger partial charge in [0.15, 0.2) is 18.9 Å². The first kappa shape index (κ1) is 42.9. The first-order chi connectivity index (χ1) is 27.4. The summed E-state index contributed by atoms with van der Waals surface area (Å²) in [6, 6.07) is 0. The van der Waals surface area contributed by atoms with Gasteiger partial charge in [-0.3, -0.25) is 4.79 Å². The van der Waals surface area contributed by atoms with E-state index in [-0.39, 0.29) is 61.2 Å². The highest BCUT2D eigenvalue weighted by Crippen LogP contribution is 2.70. The Morgan fingerprint density at radius 1 is 0.759 bits per heavy atom. The molecule has 15 heteroatoms. The number of aliphatic hydroxyl groups excluding tert-OH is 4. The Kier molecular flexibility index (Phi) is 12.0. The van der Waals surface area contributed by atoms with E-state index in [0.29, 0.717) is 18.3 Å². The quantitative estimate of drug-likeness (QED) is 0.176. The van der Waals surface area contributed by atoms with Gasteiger partial charge < -0.3 is 63.4 Å². The van der Waals surface area contributed by atoms with Crippen molar-refractivity contribution < 1.29 is 73.0 Å². The van der Waals surface area contributed by atoms with Gasteiger partial charge >= 0.3 is 11.9 Å². The summed E-state index contributed by atoms with van der Waals surface area (Å²) < 4.78 is 48.1. The van der Waals surface area contributed by atoms with Crippen LogP contribution < -0.4 is 0 Å². The van der Waals surface area contributed by atoms with Crippen LogP contribution in [-0.2, 0) is 47.5 Å². The van der Waals surface area contributed by atoms with Gasteiger partial charge in [-0.25, -0.2) is 4.79 Å². The fraction of sp³-hybridized carbons (Fsp3) is 0.907. The van der Waals surface area contributed by atoms with Crippen molar-refractivity contribution in [3.63, 3.8) is 0 Å². The molecule has 8 aliphatic rings. The summed E-state index contributed by atoms with van der Waals surface area (Å²) >= 11 is 0. The number of carbonyl (C=O) groups is 2. The van der Waals surface area contributed by atoms with Crippen molar-refractivity contribution in [1.29, 1.82) is 0 Å². The summed E-state index contributed by atoms with van der Waals surface area (Å²) in [5, 5.41) is 55.4. The first-order valence-electron chi connectivity index (χ1n) is 21.8. The molecule has 3 saturated heterocycles. The Morgan fingerprint density at radius 2 is 1.36 bits per heavy atom. The van der Waals surface area contributed by atoms with Crippen LogP contribution in [0, 0.1) is 34.5 Å². The van der Waals surface area contributed by atoms with E-state index in [4.69, 9.17) is 37.9 Å². The molecule has 0 aromatic heterocycles. The first-order valence-corrected chi connectivity index (χ1v) is 21.8. The maximum absolute atomic E-state index is 12.8. The zero-order chi connectivity index (χ0) is 41.5. The van der Waals surface area contributed by atoms with E-state index in [1.807, 2.05) is 6.92 Å². The maximum atomic E-state index is 12.8. The van der Waals surface area contributed by atoms with Gasteiger partial charge in [0.25, 0.3) is 0 Å². The van der Waals surface area contributed by atoms with E-state index in [1.165, 1.54) is 13.0 Å². The summed E-state index contributed by atoms with van der Waals surface area (Å²) in [5.41, 5.74) is -0.805. The van der Waals surface area contributed by atoms with Gasteiger partial charge in [0, 0.05) is 50.0 Å². The van der Waals surface area contributed by atoms with Crippen LogP contribution in [0.15, 0.2) is 11.6 Å². The van der Waals surface area contributed by atoms with Crippen LogP contribution in [-0.4, -0.2) is 136 Å². The van der Waals surface area contributed by atoms with Crippen LogP contribution in [0.4, 0.5) is 0 Å². The Morgan fingerprint density at radius 3 is 1.93 bits per heavy atom. The van der Waals surface area contributed by atoms with Gasteiger partial charge in [0.2, 0.25) is 0 Å². The van der Waals surface area contributed by atoms with Gasteiger partial charge in [-0.1, -0.05) is 13.8 Å². The Balaban J connectivity index is 0.848. The topological polar surface area (TPSA) is 209 Å². The van der Waals surface area contributed by atoms with Crippen molar-refractivity contribution >= 4 is 11.9 Å². The number of carbonyl (C=O) groups excluding carboxylic acids is 2. The molecular formula is C43H66O15. The number of ether oxygens (including phenoxy) is 8. The normalized spacial score (nSPS) is 53.2. The highest BCUT2D eigenvalue weighted by Gasteiger charge is 2.71. The predicted octanol–water partition coefficient (Wildman–Crippen LogP) is 2.79. The standard InChI is InChI=1S/C43H66O15/c1-20-38(49)29(45)15-35(52-20)57-40-22(3)54-36(17-31(40)47)58-39-21(2)53-34(16-30(39)46)56-26-9-11-41(5)25(14-26)7-8-28-27(41)10-12-42(6)37(24-13-33(48)51-19-24)32(55-23(4)44)18-43(28,42)50/h13,20-22,25-32,34-40,45-47,49-50H,7-12,14-19H2,1-6H3/t20-,21-,22-,25?,26?,27?,28?,29+,30+,31+,32+,34+,35+,36+,37+,38-,39-,40-,41?,42?,43?/m1/s1. The van der Waals surface area contributed by atoms with Crippen molar-refractivity contribution in [3.8, 4) is 0 Å². The third-order valence-corrected chi connectivity index (χ3v) is 16.1. The van der Waals surface area contributed by atoms with Crippen molar-refractivity contribution in [2.45, 2.75) is 204 Å². The molecule has 7 fully saturated rings. The number of aliphatic hydroxyl groups is 5. The molecule has 0 radical (unpaired) electrons. The lowest BCUT2D eigenvalue weighted by molar-refractivity contribution is -0.336. The van der Waals surface area contributed by atoms with Gasteiger partial charge in [-0.05, 0) is 94.5 Å². The van der Waals surface area contributed by atoms with Crippen molar-refractivity contribution in [2.75, 3.05) is 6.61 Å². The molecule has 4 aliphatic carbocycles. The number of esters is 2. The number of hydrogen-bond acceptors (Lipinski definition) is 15.